The van der Waals surface area contributed by atoms with Gasteiger partial charge in [-0.15, -0.1) is 0 Å². The van der Waals surface area contributed by atoms with E-state index in [9.17, 15) is 13.2 Å². The van der Waals surface area contributed by atoms with Gasteiger partial charge in [0.2, 0.25) is 5.12 Å². The summed E-state index contributed by atoms with van der Waals surface area (Å²) in [6.45, 7) is 1.62. The molecule has 1 atom stereocenters. The fraction of sp³-hybridized carbons (Fsp3) is 0.318. The van der Waals surface area contributed by atoms with Crippen LogP contribution < -0.4 is 5.32 Å². The number of aromatic nitrogens is 1. The largest absolute Gasteiger partial charge is 0.361 e. The lowest BCUT2D eigenvalue weighted by atomic mass is 10.1. The summed E-state index contributed by atoms with van der Waals surface area (Å²) in [6, 6.07) is 13.1. The first-order chi connectivity index (χ1) is 15.4. The number of amidine groups is 1. The lowest BCUT2D eigenvalue weighted by Gasteiger charge is -2.14. The average Bonchev–Trinajstić information content (AvgIpc) is 3.45. The molecule has 2 aromatic carbocycles. The third kappa shape index (κ3) is 4.39. The number of rotatable bonds is 6. The molecule has 166 valence electrons. The molecular formula is C22H22N4O3S3. The molecule has 0 unspecified atom stereocenters. The monoisotopic (exact) mass is 486 g/mol. The van der Waals surface area contributed by atoms with Gasteiger partial charge in [0.1, 0.15) is 6.04 Å². The Morgan fingerprint density at radius 3 is 2.81 bits per heavy atom. The van der Waals surface area contributed by atoms with Gasteiger partial charge >= 0.3 is 0 Å². The Morgan fingerprint density at radius 1 is 1.22 bits per heavy atom. The Balaban J connectivity index is 1.20. The second kappa shape index (κ2) is 8.49. The Morgan fingerprint density at radius 2 is 2.03 bits per heavy atom. The summed E-state index contributed by atoms with van der Waals surface area (Å²) in [7, 11) is -3.23. The maximum Gasteiger partial charge on any atom is 0.219 e. The minimum atomic E-state index is -3.23. The van der Waals surface area contributed by atoms with E-state index in [1.807, 2.05) is 12.1 Å². The van der Waals surface area contributed by atoms with Gasteiger partial charge in [0.15, 0.2) is 20.1 Å². The number of hydrogen-bond donors (Lipinski definition) is 1. The van der Waals surface area contributed by atoms with Crippen LogP contribution in [0.2, 0.25) is 0 Å². The van der Waals surface area contributed by atoms with E-state index in [4.69, 9.17) is 0 Å². The van der Waals surface area contributed by atoms with Crippen molar-refractivity contribution >= 4 is 64.3 Å². The summed E-state index contributed by atoms with van der Waals surface area (Å²) >= 11 is 2.71. The van der Waals surface area contributed by atoms with Gasteiger partial charge < -0.3 is 10.2 Å². The first-order valence-electron chi connectivity index (χ1n) is 10.4. The highest BCUT2D eigenvalue weighted by molar-refractivity contribution is 8.26. The van der Waals surface area contributed by atoms with E-state index in [1.165, 1.54) is 34.9 Å². The van der Waals surface area contributed by atoms with Crippen molar-refractivity contribution in [1.29, 1.82) is 0 Å². The van der Waals surface area contributed by atoms with E-state index in [-0.39, 0.29) is 11.2 Å². The molecule has 32 heavy (non-hydrogen) atoms. The Bertz CT molecular complexity index is 1320. The van der Waals surface area contributed by atoms with E-state index >= 15 is 0 Å². The lowest BCUT2D eigenvalue weighted by Crippen LogP contribution is -2.28. The highest BCUT2D eigenvalue weighted by Gasteiger charge is 2.40. The topological polar surface area (TPSA) is 91.7 Å². The van der Waals surface area contributed by atoms with Crippen molar-refractivity contribution in [2.75, 3.05) is 24.7 Å². The Kier molecular flexibility index (Phi) is 5.68. The molecule has 1 aromatic heterocycles. The molecule has 0 amide bonds. The molecule has 2 saturated heterocycles. The number of nitrogens with zero attached hydrogens (tertiary/aromatic N) is 3. The summed E-state index contributed by atoms with van der Waals surface area (Å²) < 4.78 is 24.3. The predicted octanol–water partition coefficient (Wildman–Crippen LogP) is 4.08. The van der Waals surface area contributed by atoms with Crippen LogP contribution >= 0.6 is 23.1 Å². The number of thioether (sulfide) groups is 1. The molecule has 1 N–H and O–H groups in total. The van der Waals surface area contributed by atoms with Crippen LogP contribution in [0.5, 0.6) is 0 Å². The molecule has 0 bridgehead atoms. The normalized spacial score (nSPS) is 19.8. The molecule has 0 spiro atoms. The molecule has 2 fully saturated rings. The summed E-state index contributed by atoms with van der Waals surface area (Å²) in [5.41, 5.74) is 2.82. The van der Waals surface area contributed by atoms with E-state index < -0.39 is 9.84 Å². The van der Waals surface area contributed by atoms with Crippen molar-refractivity contribution in [3.63, 3.8) is 0 Å². The standard InChI is InChI=1S/C22H22N4O3S3/c1-32(28,29)16-8-9-17-19(13-16)30-21(25-17)23-11-10-14-4-6-15(7-5-14)24-22-26-12-2-3-18(26)20(27)31-22/h4-9,13,18H,2-3,10-12H2,1H3,(H,23,25)/b24-22-/t18-/m0/s1. The van der Waals surface area contributed by atoms with Crippen molar-refractivity contribution in [2.45, 2.75) is 30.2 Å². The van der Waals surface area contributed by atoms with E-state index in [2.05, 4.69) is 32.3 Å². The number of sulfone groups is 1. The minimum Gasteiger partial charge on any atom is -0.361 e. The van der Waals surface area contributed by atoms with Crippen LogP contribution in [0, 0.1) is 0 Å². The van der Waals surface area contributed by atoms with E-state index in [0.29, 0.717) is 11.4 Å². The highest BCUT2D eigenvalue weighted by atomic mass is 32.2. The zero-order chi connectivity index (χ0) is 22.3. The number of aliphatic imine (C=N–C) groups is 1. The first-order valence-corrected chi connectivity index (χ1v) is 13.9. The summed E-state index contributed by atoms with van der Waals surface area (Å²) in [5, 5.41) is 5.14. The van der Waals surface area contributed by atoms with Crippen LogP contribution in [0.15, 0.2) is 52.4 Å². The zero-order valence-corrected chi connectivity index (χ0v) is 19.9. The minimum absolute atomic E-state index is 0.0181. The molecule has 0 aliphatic carbocycles. The second-order valence-corrected chi connectivity index (χ2v) is 11.9. The molecule has 3 aromatic rings. The lowest BCUT2D eigenvalue weighted by molar-refractivity contribution is -0.113. The zero-order valence-electron chi connectivity index (χ0n) is 17.4. The predicted molar refractivity (Wildman–Crippen MR) is 131 cm³/mol. The second-order valence-electron chi connectivity index (χ2n) is 7.93. The van der Waals surface area contributed by atoms with Crippen molar-refractivity contribution in [3.05, 3.63) is 48.0 Å². The number of carbonyl (C=O) groups excluding carboxylic acids is 1. The molecule has 0 radical (unpaired) electrons. The molecule has 2 aliphatic heterocycles. The Hall–Kier alpha value is -2.43. The fourth-order valence-electron chi connectivity index (χ4n) is 3.92. The van der Waals surface area contributed by atoms with Crippen LogP contribution in [0.25, 0.3) is 10.2 Å². The molecule has 3 heterocycles. The number of hydrogen-bond acceptors (Lipinski definition) is 8. The highest BCUT2D eigenvalue weighted by Crippen LogP contribution is 2.34. The van der Waals surface area contributed by atoms with Crippen LogP contribution in [-0.4, -0.2) is 54.0 Å². The molecule has 7 nitrogen and oxygen atoms in total. The third-order valence-electron chi connectivity index (χ3n) is 5.60. The average molecular weight is 487 g/mol. The van der Waals surface area contributed by atoms with Crippen LogP contribution in [0.4, 0.5) is 10.8 Å². The summed E-state index contributed by atoms with van der Waals surface area (Å²) in [5.74, 6) is 0. The van der Waals surface area contributed by atoms with Crippen LogP contribution in [0.1, 0.15) is 18.4 Å². The molecule has 10 heteroatoms. The van der Waals surface area contributed by atoms with Gasteiger partial charge in [0.25, 0.3) is 0 Å². The van der Waals surface area contributed by atoms with Gasteiger partial charge in [-0.1, -0.05) is 23.5 Å². The first kappa shape index (κ1) is 21.4. The number of anilines is 1. The number of thiazole rings is 1. The number of carbonyl (C=O) groups is 1. The van der Waals surface area contributed by atoms with Gasteiger partial charge in [-0.3, -0.25) is 4.79 Å². The number of benzene rings is 2. The number of fused-ring (bicyclic) bond motifs is 2. The molecule has 0 saturated carbocycles. The van der Waals surface area contributed by atoms with Crippen molar-refractivity contribution in [2.24, 2.45) is 4.99 Å². The van der Waals surface area contributed by atoms with E-state index in [0.717, 1.165) is 52.0 Å². The number of nitrogens with one attached hydrogen (secondary N) is 1. The van der Waals surface area contributed by atoms with Gasteiger partial charge in [-0.2, -0.15) is 0 Å². The summed E-state index contributed by atoms with van der Waals surface area (Å²) in [6.07, 6.45) is 4.02. The maximum atomic E-state index is 12.1. The van der Waals surface area contributed by atoms with Crippen LogP contribution in [0.3, 0.4) is 0 Å². The van der Waals surface area contributed by atoms with Gasteiger partial charge in [-0.25, -0.2) is 18.4 Å². The van der Waals surface area contributed by atoms with Crippen molar-refractivity contribution in [3.8, 4) is 0 Å². The molecule has 2 aliphatic rings. The van der Waals surface area contributed by atoms with E-state index in [1.54, 1.807) is 18.2 Å². The van der Waals surface area contributed by atoms with Crippen LogP contribution in [-0.2, 0) is 21.1 Å². The van der Waals surface area contributed by atoms with Crippen molar-refractivity contribution < 1.29 is 13.2 Å². The van der Waals surface area contributed by atoms with Crippen molar-refractivity contribution in [1.82, 2.24) is 9.88 Å². The molecular weight excluding hydrogens is 464 g/mol. The smallest absolute Gasteiger partial charge is 0.219 e. The third-order valence-corrected chi connectivity index (χ3v) is 8.67. The SMILES string of the molecule is CS(=O)(=O)c1ccc2nc(NCCc3ccc(/N=C4\SC(=O)[C@@H]5CCCN45)cc3)sc2c1. The quantitative estimate of drug-likeness (QED) is 0.561. The Labute approximate surface area is 194 Å². The molecule has 5 rings (SSSR count). The van der Waals surface area contributed by atoms with Gasteiger partial charge in [0, 0.05) is 19.3 Å². The fourth-order valence-corrected chi connectivity index (χ4v) is 6.62. The van der Waals surface area contributed by atoms with Gasteiger partial charge in [-0.05, 0) is 66.9 Å². The van der Waals surface area contributed by atoms with Gasteiger partial charge in [0.05, 0.1) is 20.8 Å². The maximum absolute atomic E-state index is 12.1. The summed E-state index contributed by atoms with van der Waals surface area (Å²) in [4.78, 5) is 23.7.